The predicted octanol–water partition coefficient (Wildman–Crippen LogP) is -0.340. The van der Waals surface area contributed by atoms with Gasteiger partial charge in [0.25, 0.3) is 0 Å². The quantitative estimate of drug-likeness (QED) is 0.500. The van der Waals surface area contributed by atoms with E-state index in [9.17, 15) is 4.79 Å². The number of Topliss-reactive ketones (excluding diaryl/α,β-unsaturated/α-hetero) is 1. The summed E-state index contributed by atoms with van der Waals surface area (Å²) in [5.41, 5.74) is 0. The van der Waals surface area contributed by atoms with Gasteiger partial charge in [-0.1, -0.05) is 0 Å². The van der Waals surface area contributed by atoms with Crippen molar-refractivity contribution in [3.05, 3.63) is 0 Å². The van der Waals surface area contributed by atoms with Crippen LogP contribution in [0.5, 0.6) is 0 Å². The highest BCUT2D eigenvalue weighted by Gasteiger charge is 2.30. The molecule has 2 rings (SSSR count). The zero-order valence-electron chi connectivity index (χ0n) is 5.88. The van der Waals surface area contributed by atoms with E-state index in [1.54, 1.807) is 0 Å². The smallest absolute Gasteiger partial charge is 0.148 e. The van der Waals surface area contributed by atoms with Crippen LogP contribution in [0.25, 0.3) is 0 Å². The van der Waals surface area contributed by atoms with Crippen LogP contribution in [0.2, 0.25) is 0 Å². The molecule has 3 nitrogen and oxygen atoms in total. The summed E-state index contributed by atoms with van der Waals surface area (Å²) in [5, 5.41) is 0. The van der Waals surface area contributed by atoms with Crippen molar-refractivity contribution in [3.63, 3.8) is 0 Å². The lowest BCUT2D eigenvalue weighted by Gasteiger charge is -2.33. The fraction of sp³-hybridized carbons (Fsp3) is 0.857. The van der Waals surface area contributed by atoms with Gasteiger partial charge >= 0.3 is 0 Å². The molecular weight excluding hydrogens is 130 g/mol. The van der Waals surface area contributed by atoms with E-state index < -0.39 is 0 Å². The molecule has 2 fully saturated rings. The van der Waals surface area contributed by atoms with Gasteiger partial charge in [-0.15, -0.1) is 0 Å². The molecule has 2 heterocycles. The Morgan fingerprint density at radius 1 is 1.50 bits per heavy atom. The van der Waals surface area contributed by atoms with E-state index in [0.29, 0.717) is 18.4 Å². The van der Waals surface area contributed by atoms with Crippen LogP contribution in [0, 0.1) is 0 Å². The van der Waals surface area contributed by atoms with Crippen LogP contribution in [0.3, 0.4) is 0 Å². The lowest BCUT2D eigenvalue weighted by Crippen LogP contribution is -2.47. The predicted molar refractivity (Wildman–Crippen MR) is 35.8 cm³/mol. The van der Waals surface area contributed by atoms with Crippen LogP contribution >= 0.6 is 0 Å². The van der Waals surface area contributed by atoms with Gasteiger partial charge < -0.3 is 4.74 Å². The van der Waals surface area contributed by atoms with Gasteiger partial charge in [0.2, 0.25) is 0 Å². The summed E-state index contributed by atoms with van der Waals surface area (Å²) in [7, 11) is 0. The molecule has 0 atom stereocenters. The van der Waals surface area contributed by atoms with Gasteiger partial charge in [-0.3, -0.25) is 9.69 Å². The van der Waals surface area contributed by atoms with Gasteiger partial charge in [-0.05, 0) is 0 Å². The summed E-state index contributed by atoms with van der Waals surface area (Å²) < 4.78 is 5.03. The van der Waals surface area contributed by atoms with Gasteiger partial charge in [0, 0.05) is 13.0 Å². The fourth-order valence-corrected chi connectivity index (χ4v) is 1.40. The van der Waals surface area contributed by atoms with Crippen LogP contribution in [-0.2, 0) is 9.53 Å². The molecule has 2 aliphatic heterocycles. The third-order valence-corrected chi connectivity index (χ3v) is 2.19. The summed E-state index contributed by atoms with van der Waals surface area (Å²) >= 11 is 0. The first kappa shape index (κ1) is 6.31. The standard InChI is InChI=1S/C7H11NO2/c9-7-1-2-8(3-7)6-4-10-5-6/h6H,1-5H2. The monoisotopic (exact) mass is 141 g/mol. The first-order valence-corrected chi connectivity index (χ1v) is 3.70. The zero-order chi connectivity index (χ0) is 6.97. The molecule has 2 saturated heterocycles. The minimum absolute atomic E-state index is 0.381. The molecule has 10 heavy (non-hydrogen) atoms. The molecule has 0 saturated carbocycles. The van der Waals surface area contributed by atoms with Crippen LogP contribution in [0.15, 0.2) is 0 Å². The second kappa shape index (κ2) is 2.32. The van der Waals surface area contributed by atoms with Crippen LogP contribution in [-0.4, -0.2) is 43.0 Å². The molecule has 0 aromatic rings. The van der Waals surface area contributed by atoms with Crippen molar-refractivity contribution in [1.29, 1.82) is 0 Å². The second-order valence-corrected chi connectivity index (χ2v) is 2.95. The summed E-state index contributed by atoms with van der Waals surface area (Å²) in [5.74, 6) is 0.381. The molecule has 0 N–H and O–H groups in total. The van der Waals surface area contributed by atoms with Crippen molar-refractivity contribution in [2.24, 2.45) is 0 Å². The largest absolute Gasteiger partial charge is 0.378 e. The van der Waals surface area contributed by atoms with Crippen LogP contribution in [0.4, 0.5) is 0 Å². The lowest BCUT2D eigenvalue weighted by atomic mass is 10.2. The van der Waals surface area contributed by atoms with Gasteiger partial charge in [-0.25, -0.2) is 0 Å². The van der Waals surface area contributed by atoms with E-state index in [1.807, 2.05) is 0 Å². The van der Waals surface area contributed by atoms with Crippen molar-refractivity contribution in [2.75, 3.05) is 26.3 Å². The van der Waals surface area contributed by atoms with E-state index in [0.717, 1.165) is 26.2 Å². The van der Waals surface area contributed by atoms with Gasteiger partial charge in [-0.2, -0.15) is 0 Å². The average molecular weight is 141 g/mol. The number of hydrogen-bond acceptors (Lipinski definition) is 3. The molecule has 0 radical (unpaired) electrons. The highest BCUT2D eigenvalue weighted by molar-refractivity contribution is 5.82. The number of ether oxygens (including phenoxy) is 1. The number of nitrogens with zero attached hydrogens (tertiary/aromatic N) is 1. The normalized spacial score (nSPS) is 29.0. The molecule has 0 unspecified atom stereocenters. The van der Waals surface area contributed by atoms with Crippen molar-refractivity contribution < 1.29 is 9.53 Å². The van der Waals surface area contributed by atoms with Gasteiger partial charge in [0.05, 0.1) is 25.8 Å². The molecule has 2 aliphatic rings. The van der Waals surface area contributed by atoms with Gasteiger partial charge in [0.15, 0.2) is 0 Å². The maximum Gasteiger partial charge on any atom is 0.148 e. The molecular formula is C7H11NO2. The maximum absolute atomic E-state index is 10.8. The highest BCUT2D eigenvalue weighted by Crippen LogP contribution is 2.14. The first-order valence-electron chi connectivity index (χ1n) is 3.70. The zero-order valence-corrected chi connectivity index (χ0v) is 5.88. The van der Waals surface area contributed by atoms with Crippen molar-refractivity contribution in [2.45, 2.75) is 12.5 Å². The second-order valence-electron chi connectivity index (χ2n) is 2.95. The number of carbonyl (C=O) groups excluding carboxylic acids is 1. The average Bonchev–Trinajstić information content (AvgIpc) is 2.10. The lowest BCUT2D eigenvalue weighted by molar-refractivity contribution is -0.118. The third-order valence-electron chi connectivity index (χ3n) is 2.19. The number of ketones is 1. The summed E-state index contributed by atoms with van der Waals surface area (Å²) in [6, 6.07) is 0.548. The Balaban J connectivity index is 1.88. The minimum Gasteiger partial charge on any atom is -0.378 e. The van der Waals surface area contributed by atoms with Crippen LogP contribution < -0.4 is 0 Å². The Bertz CT molecular complexity index is 154. The first-order chi connectivity index (χ1) is 4.86. The van der Waals surface area contributed by atoms with E-state index in [-0.39, 0.29) is 0 Å². The van der Waals surface area contributed by atoms with E-state index in [2.05, 4.69) is 4.90 Å². The molecule has 0 amide bonds. The van der Waals surface area contributed by atoms with Crippen molar-refractivity contribution >= 4 is 5.78 Å². The maximum atomic E-state index is 10.8. The summed E-state index contributed by atoms with van der Waals surface area (Å²) in [4.78, 5) is 13.0. The molecule has 0 aliphatic carbocycles. The Hall–Kier alpha value is -0.410. The van der Waals surface area contributed by atoms with E-state index in [1.165, 1.54) is 0 Å². The summed E-state index contributed by atoms with van der Waals surface area (Å²) in [6.45, 7) is 3.27. The fourth-order valence-electron chi connectivity index (χ4n) is 1.40. The molecule has 56 valence electrons. The Labute approximate surface area is 60.0 Å². The Morgan fingerprint density at radius 2 is 2.30 bits per heavy atom. The number of rotatable bonds is 1. The van der Waals surface area contributed by atoms with Crippen molar-refractivity contribution in [3.8, 4) is 0 Å². The van der Waals surface area contributed by atoms with Gasteiger partial charge in [0.1, 0.15) is 5.78 Å². The van der Waals surface area contributed by atoms with Crippen molar-refractivity contribution in [1.82, 2.24) is 4.90 Å². The minimum atomic E-state index is 0.381. The SMILES string of the molecule is O=C1CCN(C2COC2)C1. The molecule has 0 bridgehead atoms. The van der Waals surface area contributed by atoms with Crippen LogP contribution in [0.1, 0.15) is 6.42 Å². The van der Waals surface area contributed by atoms with E-state index >= 15 is 0 Å². The summed E-state index contributed by atoms with van der Waals surface area (Å²) in [6.07, 6.45) is 0.747. The Kier molecular flexibility index (Phi) is 1.47. The Morgan fingerprint density at radius 3 is 2.70 bits per heavy atom. The highest BCUT2D eigenvalue weighted by atomic mass is 16.5. The third kappa shape index (κ3) is 0.954. The number of hydrogen-bond donors (Lipinski definition) is 0. The molecule has 3 heteroatoms. The van der Waals surface area contributed by atoms with E-state index in [4.69, 9.17) is 4.74 Å². The molecule has 0 spiro atoms. The molecule has 0 aromatic carbocycles. The number of likely N-dealkylation sites (tertiary alicyclic amines) is 1. The topological polar surface area (TPSA) is 29.5 Å². The number of carbonyl (C=O) groups is 1. The molecule has 0 aromatic heterocycles.